The van der Waals surface area contributed by atoms with Crippen molar-refractivity contribution in [3.05, 3.63) is 53.1 Å². The van der Waals surface area contributed by atoms with Gasteiger partial charge in [0.1, 0.15) is 5.75 Å². The van der Waals surface area contributed by atoms with Crippen LogP contribution in [0.25, 0.3) is 0 Å². The highest BCUT2D eigenvalue weighted by Gasteiger charge is 2.21. The van der Waals surface area contributed by atoms with Crippen molar-refractivity contribution >= 4 is 23.1 Å². The van der Waals surface area contributed by atoms with Gasteiger partial charge in [0.25, 0.3) is 0 Å². The lowest BCUT2D eigenvalue weighted by Gasteiger charge is -2.16. The molecule has 6 nitrogen and oxygen atoms in total. The molecule has 0 fully saturated rings. The minimum Gasteiger partial charge on any atom is -0.507 e. The molecule has 2 aromatic carbocycles. The van der Waals surface area contributed by atoms with Crippen LogP contribution in [0, 0.1) is 0 Å². The quantitative estimate of drug-likeness (QED) is 0.821. The summed E-state index contributed by atoms with van der Waals surface area (Å²) >= 11 is 0. The summed E-state index contributed by atoms with van der Waals surface area (Å²) in [4.78, 5) is 27.8. The molecule has 0 aliphatic rings. The second-order valence-corrected chi connectivity index (χ2v) is 5.85. The van der Waals surface area contributed by atoms with E-state index in [1.807, 2.05) is 14.1 Å². The van der Waals surface area contributed by atoms with Crippen LogP contribution in [0.5, 0.6) is 5.75 Å². The highest BCUT2D eigenvalue weighted by atomic mass is 16.4. The third-order valence-corrected chi connectivity index (χ3v) is 3.74. The number of rotatable bonds is 5. The first-order chi connectivity index (χ1) is 11.2. The number of carbonyl (C=O) groups is 2. The molecule has 2 aromatic rings. The number of carboxylic acid groups (broad SMARTS) is 1. The lowest BCUT2D eigenvalue weighted by atomic mass is 9.96. The zero-order chi connectivity index (χ0) is 18.0. The highest BCUT2D eigenvalue weighted by Crippen LogP contribution is 2.28. The fourth-order valence-corrected chi connectivity index (χ4v) is 2.32. The van der Waals surface area contributed by atoms with Crippen LogP contribution in [0.2, 0.25) is 0 Å². The molecule has 0 unspecified atom stereocenters. The molecule has 0 saturated carbocycles. The standard InChI is InChI=1S/C18H20N2O4/c1-19(2)11-5-7-13(15(9-11)18(23)24)17(22)14-8-6-12(20(3)4)10-16(14)21/h5-10,21H,1-4H3,(H,23,24). The van der Waals surface area contributed by atoms with Crippen LogP contribution in [0.15, 0.2) is 36.4 Å². The smallest absolute Gasteiger partial charge is 0.336 e. The van der Waals surface area contributed by atoms with Gasteiger partial charge in [-0.05, 0) is 30.3 Å². The van der Waals surface area contributed by atoms with E-state index < -0.39 is 11.8 Å². The summed E-state index contributed by atoms with van der Waals surface area (Å²) in [5.41, 5.74) is 1.44. The fourth-order valence-electron chi connectivity index (χ4n) is 2.32. The van der Waals surface area contributed by atoms with E-state index >= 15 is 0 Å². The molecule has 0 heterocycles. The predicted molar refractivity (Wildman–Crippen MR) is 93.6 cm³/mol. The van der Waals surface area contributed by atoms with Gasteiger partial charge in [-0.15, -0.1) is 0 Å². The van der Waals surface area contributed by atoms with Gasteiger partial charge in [-0.2, -0.15) is 0 Å². The Balaban J connectivity index is 2.52. The normalized spacial score (nSPS) is 10.3. The lowest BCUT2D eigenvalue weighted by Crippen LogP contribution is -2.14. The molecule has 126 valence electrons. The Bertz CT molecular complexity index is 798. The number of ketones is 1. The number of aromatic hydroxyl groups is 1. The summed E-state index contributed by atoms with van der Waals surface area (Å²) in [7, 11) is 7.21. The number of anilines is 2. The maximum Gasteiger partial charge on any atom is 0.336 e. The van der Waals surface area contributed by atoms with Gasteiger partial charge in [0.2, 0.25) is 0 Å². The summed E-state index contributed by atoms with van der Waals surface area (Å²) in [6.45, 7) is 0. The highest BCUT2D eigenvalue weighted by molar-refractivity contribution is 6.15. The Morgan fingerprint density at radius 3 is 1.75 bits per heavy atom. The first-order valence-corrected chi connectivity index (χ1v) is 7.32. The summed E-state index contributed by atoms with van der Waals surface area (Å²) in [5.74, 6) is -1.90. The van der Waals surface area contributed by atoms with Gasteiger partial charge in [-0.25, -0.2) is 4.79 Å². The molecular weight excluding hydrogens is 308 g/mol. The van der Waals surface area contributed by atoms with Crippen LogP contribution < -0.4 is 9.80 Å². The topological polar surface area (TPSA) is 81.1 Å². The molecule has 6 heteroatoms. The molecule has 0 atom stereocenters. The van der Waals surface area contributed by atoms with Crippen molar-refractivity contribution in [2.45, 2.75) is 0 Å². The third-order valence-electron chi connectivity index (χ3n) is 3.74. The van der Waals surface area contributed by atoms with Crippen LogP contribution >= 0.6 is 0 Å². The molecule has 2 rings (SSSR count). The minimum absolute atomic E-state index is 0.0426. The Kier molecular flexibility index (Phi) is 4.78. The van der Waals surface area contributed by atoms with E-state index in [1.165, 1.54) is 24.3 Å². The maximum atomic E-state index is 12.7. The van der Waals surface area contributed by atoms with Crippen LogP contribution in [0.4, 0.5) is 11.4 Å². The average molecular weight is 328 g/mol. The van der Waals surface area contributed by atoms with Crippen LogP contribution in [-0.4, -0.2) is 50.2 Å². The fraction of sp³-hybridized carbons (Fsp3) is 0.222. The second-order valence-electron chi connectivity index (χ2n) is 5.85. The van der Waals surface area contributed by atoms with Gasteiger partial charge >= 0.3 is 5.97 Å². The number of benzene rings is 2. The number of aromatic carboxylic acids is 1. The van der Waals surface area contributed by atoms with Gasteiger partial charge < -0.3 is 20.0 Å². The Morgan fingerprint density at radius 2 is 1.29 bits per heavy atom. The lowest BCUT2D eigenvalue weighted by molar-refractivity contribution is 0.0692. The average Bonchev–Trinajstić information content (AvgIpc) is 2.53. The number of hydrogen-bond donors (Lipinski definition) is 2. The first-order valence-electron chi connectivity index (χ1n) is 7.32. The molecule has 0 bridgehead atoms. The van der Waals surface area contributed by atoms with E-state index in [1.54, 1.807) is 36.0 Å². The molecule has 0 radical (unpaired) electrons. The van der Waals surface area contributed by atoms with Gasteiger partial charge in [-0.1, -0.05) is 0 Å². The zero-order valence-electron chi connectivity index (χ0n) is 14.1. The molecule has 0 spiro atoms. The van der Waals surface area contributed by atoms with Crippen LogP contribution in [-0.2, 0) is 0 Å². The molecule has 0 saturated heterocycles. The Hall–Kier alpha value is -3.02. The van der Waals surface area contributed by atoms with E-state index in [2.05, 4.69) is 0 Å². The van der Waals surface area contributed by atoms with Crippen molar-refractivity contribution in [1.82, 2.24) is 0 Å². The first kappa shape index (κ1) is 17.3. The third kappa shape index (κ3) is 3.32. The molecular formula is C18H20N2O4. The number of hydrogen-bond acceptors (Lipinski definition) is 5. The number of phenolic OH excluding ortho intramolecular Hbond substituents is 1. The molecule has 0 aliphatic heterocycles. The number of phenols is 1. The summed E-state index contributed by atoms with van der Waals surface area (Å²) in [5, 5.41) is 19.6. The van der Waals surface area contributed by atoms with Gasteiger partial charge in [0.05, 0.1) is 11.1 Å². The molecule has 0 aliphatic carbocycles. The predicted octanol–water partition coefficient (Wildman–Crippen LogP) is 2.45. The summed E-state index contributed by atoms with van der Waals surface area (Å²) in [6, 6.07) is 9.26. The molecule has 0 aromatic heterocycles. The van der Waals surface area contributed by atoms with E-state index in [4.69, 9.17) is 0 Å². The van der Waals surface area contributed by atoms with Crippen molar-refractivity contribution in [2.75, 3.05) is 38.0 Å². The SMILES string of the molecule is CN(C)c1ccc(C(=O)c2ccc(N(C)C)cc2C(=O)O)c(O)c1. The largest absolute Gasteiger partial charge is 0.507 e. The Labute approximate surface area is 140 Å². The second kappa shape index (κ2) is 6.62. The summed E-state index contributed by atoms with van der Waals surface area (Å²) in [6.07, 6.45) is 0. The van der Waals surface area contributed by atoms with E-state index in [9.17, 15) is 19.8 Å². The zero-order valence-corrected chi connectivity index (χ0v) is 14.1. The van der Waals surface area contributed by atoms with Gasteiger partial charge in [0.15, 0.2) is 5.78 Å². The number of carboxylic acids is 1. The van der Waals surface area contributed by atoms with Crippen molar-refractivity contribution < 1.29 is 19.8 Å². The van der Waals surface area contributed by atoms with Crippen molar-refractivity contribution in [3.63, 3.8) is 0 Å². The van der Waals surface area contributed by atoms with Gasteiger partial charge in [0, 0.05) is 51.2 Å². The van der Waals surface area contributed by atoms with Gasteiger partial charge in [-0.3, -0.25) is 4.79 Å². The minimum atomic E-state index is -1.19. The summed E-state index contributed by atoms with van der Waals surface area (Å²) < 4.78 is 0. The number of carbonyl (C=O) groups excluding carboxylic acids is 1. The van der Waals surface area contributed by atoms with E-state index in [-0.39, 0.29) is 22.4 Å². The van der Waals surface area contributed by atoms with Crippen LogP contribution in [0.3, 0.4) is 0 Å². The molecule has 24 heavy (non-hydrogen) atoms. The van der Waals surface area contributed by atoms with Crippen LogP contribution in [0.1, 0.15) is 26.3 Å². The van der Waals surface area contributed by atoms with Crippen molar-refractivity contribution in [1.29, 1.82) is 0 Å². The maximum absolute atomic E-state index is 12.7. The number of nitrogens with zero attached hydrogens (tertiary/aromatic N) is 2. The Morgan fingerprint density at radius 1 is 0.792 bits per heavy atom. The molecule has 2 N–H and O–H groups in total. The van der Waals surface area contributed by atoms with Crippen molar-refractivity contribution in [3.8, 4) is 5.75 Å². The van der Waals surface area contributed by atoms with E-state index in [0.717, 1.165) is 5.69 Å². The van der Waals surface area contributed by atoms with E-state index in [0.29, 0.717) is 5.69 Å². The monoisotopic (exact) mass is 328 g/mol. The van der Waals surface area contributed by atoms with Crippen molar-refractivity contribution in [2.24, 2.45) is 0 Å². The molecule has 0 amide bonds.